The van der Waals surface area contributed by atoms with Gasteiger partial charge in [0.25, 0.3) is 5.91 Å². The normalized spacial score (nSPS) is 19.0. The lowest BCUT2D eigenvalue weighted by Gasteiger charge is -2.23. The zero-order valence-corrected chi connectivity index (χ0v) is 12.7. The van der Waals surface area contributed by atoms with Gasteiger partial charge in [0.15, 0.2) is 0 Å². The number of nitrogen functional groups attached to an aromatic ring is 1. The number of aryl methyl sites for hydroxylation is 1. The molecule has 1 heterocycles. The number of amides is 1. The van der Waals surface area contributed by atoms with Gasteiger partial charge < -0.3 is 10.6 Å². The van der Waals surface area contributed by atoms with Gasteiger partial charge in [0.2, 0.25) is 0 Å². The molecule has 0 aliphatic carbocycles. The van der Waals surface area contributed by atoms with Crippen LogP contribution in [-0.2, 0) is 0 Å². The van der Waals surface area contributed by atoms with Gasteiger partial charge in [-0.15, -0.1) is 0 Å². The van der Waals surface area contributed by atoms with Crippen LogP contribution in [0.25, 0.3) is 0 Å². The lowest BCUT2D eigenvalue weighted by Crippen LogP contribution is -2.33. The third kappa shape index (κ3) is 3.66. The van der Waals surface area contributed by atoms with Gasteiger partial charge in [0.05, 0.1) is 0 Å². The minimum Gasteiger partial charge on any atom is -0.399 e. The summed E-state index contributed by atoms with van der Waals surface area (Å²) in [5.41, 5.74) is 8.23. The van der Waals surface area contributed by atoms with Gasteiger partial charge in [-0.1, -0.05) is 13.8 Å². The van der Waals surface area contributed by atoms with E-state index in [4.69, 9.17) is 5.73 Å². The average Bonchev–Trinajstić information content (AvgIpc) is 2.48. The maximum absolute atomic E-state index is 12.5. The molecule has 1 aromatic carbocycles. The van der Waals surface area contributed by atoms with Crippen molar-refractivity contribution in [2.24, 2.45) is 0 Å². The van der Waals surface area contributed by atoms with Crippen molar-refractivity contribution in [3.8, 4) is 0 Å². The molecule has 1 saturated heterocycles. The lowest BCUT2D eigenvalue weighted by atomic mass is 10.1. The minimum atomic E-state index is 0.105. The molecule has 3 nitrogen and oxygen atoms in total. The first-order chi connectivity index (χ1) is 8.87. The van der Waals surface area contributed by atoms with Crippen molar-refractivity contribution in [1.29, 1.82) is 0 Å². The molecule has 0 saturated carbocycles. The van der Waals surface area contributed by atoms with Crippen LogP contribution < -0.4 is 5.73 Å². The molecule has 0 radical (unpaired) electrons. The van der Waals surface area contributed by atoms with E-state index in [1.165, 1.54) is 0 Å². The number of nitrogens with zero attached hydrogens (tertiary/aromatic N) is 1. The molecule has 19 heavy (non-hydrogen) atoms. The molecular formula is C15H22N2OS. The van der Waals surface area contributed by atoms with Crippen molar-refractivity contribution < 1.29 is 4.79 Å². The molecule has 104 valence electrons. The van der Waals surface area contributed by atoms with Gasteiger partial charge in [0, 0.05) is 34.8 Å². The number of thioether (sulfide) groups is 1. The number of carbonyl (C=O) groups excluding carboxylic acids is 1. The van der Waals surface area contributed by atoms with E-state index in [1.54, 1.807) is 6.07 Å². The van der Waals surface area contributed by atoms with E-state index in [-0.39, 0.29) is 10.7 Å². The highest BCUT2D eigenvalue weighted by molar-refractivity contribution is 8.00. The summed E-state index contributed by atoms with van der Waals surface area (Å²) in [5.74, 6) is 1.11. The fourth-order valence-electron chi connectivity index (χ4n) is 2.34. The highest BCUT2D eigenvalue weighted by atomic mass is 32.2. The summed E-state index contributed by atoms with van der Waals surface area (Å²) in [4.78, 5) is 14.5. The molecular weight excluding hydrogens is 256 g/mol. The minimum absolute atomic E-state index is 0.105. The summed E-state index contributed by atoms with van der Waals surface area (Å²) in [5, 5.41) is 0. The molecule has 0 aromatic heterocycles. The van der Waals surface area contributed by atoms with E-state index < -0.39 is 0 Å². The Labute approximate surface area is 119 Å². The van der Waals surface area contributed by atoms with Crippen LogP contribution in [0.1, 0.15) is 36.2 Å². The van der Waals surface area contributed by atoms with Crippen LogP contribution in [0.3, 0.4) is 0 Å². The SMILES string of the molecule is Cc1cc(N)cc(C(=O)N2CCSC(C)(C)CC2)c1. The largest absolute Gasteiger partial charge is 0.399 e. The predicted molar refractivity (Wildman–Crippen MR) is 82.6 cm³/mol. The summed E-state index contributed by atoms with van der Waals surface area (Å²) < 4.78 is 0.265. The zero-order valence-electron chi connectivity index (χ0n) is 11.9. The molecule has 1 amide bonds. The lowest BCUT2D eigenvalue weighted by molar-refractivity contribution is 0.0764. The summed E-state index contributed by atoms with van der Waals surface area (Å²) in [6, 6.07) is 5.58. The van der Waals surface area contributed by atoms with E-state index in [0.717, 1.165) is 30.8 Å². The number of rotatable bonds is 1. The molecule has 1 fully saturated rings. The van der Waals surface area contributed by atoms with E-state index in [0.29, 0.717) is 11.3 Å². The smallest absolute Gasteiger partial charge is 0.253 e. The van der Waals surface area contributed by atoms with Crippen molar-refractivity contribution in [1.82, 2.24) is 4.90 Å². The number of hydrogen-bond acceptors (Lipinski definition) is 3. The Hall–Kier alpha value is -1.16. The van der Waals surface area contributed by atoms with Crippen LogP contribution in [0, 0.1) is 6.92 Å². The summed E-state index contributed by atoms with van der Waals surface area (Å²) in [7, 11) is 0. The van der Waals surface area contributed by atoms with Crippen LogP contribution >= 0.6 is 11.8 Å². The predicted octanol–water partition coefficient (Wildman–Crippen LogP) is 2.93. The average molecular weight is 278 g/mol. The molecule has 1 aliphatic heterocycles. The molecule has 1 aliphatic rings. The van der Waals surface area contributed by atoms with Crippen molar-refractivity contribution >= 4 is 23.4 Å². The number of hydrogen-bond donors (Lipinski definition) is 1. The maximum Gasteiger partial charge on any atom is 0.253 e. The first-order valence-electron chi connectivity index (χ1n) is 6.68. The first-order valence-corrected chi connectivity index (χ1v) is 7.66. The molecule has 0 unspecified atom stereocenters. The highest BCUT2D eigenvalue weighted by Crippen LogP contribution is 2.31. The van der Waals surface area contributed by atoms with Gasteiger partial charge in [-0.2, -0.15) is 11.8 Å². The summed E-state index contributed by atoms with van der Waals surface area (Å²) >= 11 is 1.95. The number of carbonyl (C=O) groups is 1. The van der Waals surface area contributed by atoms with Crippen LogP contribution in [0.15, 0.2) is 18.2 Å². The summed E-state index contributed by atoms with van der Waals surface area (Å²) in [6.07, 6.45) is 1.03. The van der Waals surface area contributed by atoms with Gasteiger partial charge in [-0.3, -0.25) is 4.79 Å². The van der Waals surface area contributed by atoms with Crippen molar-refractivity contribution in [2.75, 3.05) is 24.6 Å². The Kier molecular flexibility index (Phi) is 4.09. The number of benzene rings is 1. The second-order valence-electron chi connectivity index (χ2n) is 5.78. The number of nitrogens with two attached hydrogens (primary N) is 1. The summed E-state index contributed by atoms with van der Waals surface area (Å²) in [6.45, 7) is 8.11. The quantitative estimate of drug-likeness (QED) is 0.803. The van der Waals surface area contributed by atoms with E-state index >= 15 is 0 Å². The Morgan fingerprint density at radius 1 is 1.32 bits per heavy atom. The molecule has 0 spiro atoms. The van der Waals surface area contributed by atoms with Crippen molar-refractivity contribution in [3.63, 3.8) is 0 Å². The van der Waals surface area contributed by atoms with Crippen molar-refractivity contribution in [3.05, 3.63) is 29.3 Å². The van der Waals surface area contributed by atoms with E-state index in [2.05, 4.69) is 13.8 Å². The van der Waals surface area contributed by atoms with Gasteiger partial charge in [-0.25, -0.2) is 0 Å². The van der Waals surface area contributed by atoms with Gasteiger partial charge in [-0.05, 0) is 37.1 Å². The topological polar surface area (TPSA) is 46.3 Å². The number of anilines is 1. The van der Waals surface area contributed by atoms with Gasteiger partial charge >= 0.3 is 0 Å². The standard InChI is InChI=1S/C15H22N2OS/c1-11-8-12(10-13(16)9-11)14(18)17-5-4-15(2,3)19-7-6-17/h8-10H,4-7,16H2,1-3H3. The first kappa shape index (κ1) is 14.3. The zero-order chi connectivity index (χ0) is 14.0. The fourth-order valence-corrected chi connectivity index (χ4v) is 3.44. The second kappa shape index (κ2) is 5.45. The maximum atomic E-state index is 12.5. The highest BCUT2D eigenvalue weighted by Gasteiger charge is 2.26. The molecule has 4 heteroatoms. The molecule has 1 aromatic rings. The third-order valence-electron chi connectivity index (χ3n) is 3.47. The molecule has 2 N–H and O–H groups in total. The van der Waals surface area contributed by atoms with Gasteiger partial charge in [0.1, 0.15) is 0 Å². The molecule has 0 atom stereocenters. The van der Waals surface area contributed by atoms with Crippen LogP contribution in [-0.4, -0.2) is 34.4 Å². The second-order valence-corrected chi connectivity index (χ2v) is 7.58. The van der Waals surface area contributed by atoms with Crippen molar-refractivity contribution in [2.45, 2.75) is 31.9 Å². The molecule has 0 bridgehead atoms. The Bertz CT molecular complexity index is 465. The van der Waals surface area contributed by atoms with Crippen LogP contribution in [0.4, 0.5) is 5.69 Å². The fraction of sp³-hybridized carbons (Fsp3) is 0.533. The Morgan fingerprint density at radius 3 is 2.74 bits per heavy atom. The van der Waals surface area contributed by atoms with Crippen LogP contribution in [0.2, 0.25) is 0 Å². The monoisotopic (exact) mass is 278 g/mol. The Morgan fingerprint density at radius 2 is 2.05 bits per heavy atom. The van der Waals surface area contributed by atoms with Crippen LogP contribution in [0.5, 0.6) is 0 Å². The Balaban J connectivity index is 2.15. The molecule has 2 rings (SSSR count). The van der Waals surface area contributed by atoms with E-state index in [9.17, 15) is 4.79 Å². The third-order valence-corrected chi connectivity index (χ3v) is 4.84. The van der Waals surface area contributed by atoms with E-state index in [1.807, 2.05) is 35.7 Å².